The van der Waals surface area contributed by atoms with Crippen molar-refractivity contribution in [2.45, 2.75) is 58.3 Å². The molecule has 0 aromatic carbocycles. The normalized spacial score (nSPS) is 20.4. The standard InChI is InChI=1S/C32H43N5O4S.C3H8/c1-4-37(19-21-39-2)18-7-20-41-26-10-6-9-25(12-13-26)35-32-33-17-16-28(36-32)29-14-15-30(42-29)31(38)34-23-24-8-5-11-27(22-24)40-3;1-3-2/h5-6,8-10,12-17,22,26-28H,4,7,11,18-21,23H2,1-3H3,(H,34,38)(H2,33,35,36);3H2,1-2H3. The molecule has 3 aliphatic rings. The number of hydrogen-bond donors (Lipinski definition) is 3. The van der Waals surface area contributed by atoms with E-state index in [2.05, 4.69) is 53.8 Å². The molecule has 246 valence electrons. The number of likely N-dealkylation sites (N-methyl/N-ethyl adjacent to an activating group) is 1. The predicted molar refractivity (Wildman–Crippen MR) is 186 cm³/mol. The second-order valence-electron chi connectivity index (χ2n) is 10.8. The number of aliphatic imine (C=N–C) groups is 1. The highest BCUT2D eigenvalue weighted by Gasteiger charge is 2.18. The summed E-state index contributed by atoms with van der Waals surface area (Å²) in [6, 6.07) is 3.65. The maximum Gasteiger partial charge on any atom is 0.261 e. The molecule has 10 heteroatoms. The Kier molecular flexibility index (Phi) is 16.6. The van der Waals surface area contributed by atoms with Crippen molar-refractivity contribution in [1.29, 1.82) is 0 Å². The van der Waals surface area contributed by atoms with Crippen molar-refractivity contribution in [2.24, 2.45) is 4.99 Å². The lowest BCUT2D eigenvalue weighted by atomic mass is 10.0. The fourth-order valence-electron chi connectivity index (χ4n) is 4.64. The van der Waals surface area contributed by atoms with E-state index in [0.717, 1.165) is 55.2 Å². The number of nitrogens with one attached hydrogen (secondary N) is 3. The molecule has 2 heterocycles. The highest BCUT2D eigenvalue weighted by atomic mass is 32.1. The second-order valence-corrected chi connectivity index (χ2v) is 11.9. The molecule has 1 aromatic heterocycles. The van der Waals surface area contributed by atoms with Crippen LogP contribution in [0, 0.1) is 0 Å². The molecule has 0 radical (unpaired) electrons. The van der Waals surface area contributed by atoms with Gasteiger partial charge in [-0.2, -0.15) is 0 Å². The van der Waals surface area contributed by atoms with E-state index in [9.17, 15) is 4.79 Å². The van der Waals surface area contributed by atoms with E-state index in [0.29, 0.717) is 24.0 Å². The van der Waals surface area contributed by atoms with Gasteiger partial charge in [-0.25, -0.2) is 4.99 Å². The van der Waals surface area contributed by atoms with E-state index in [4.69, 9.17) is 19.2 Å². The van der Waals surface area contributed by atoms with Crippen LogP contribution < -0.4 is 16.0 Å². The van der Waals surface area contributed by atoms with E-state index in [1.165, 1.54) is 17.8 Å². The number of hydrogen-bond acceptors (Lipinski definition) is 9. The van der Waals surface area contributed by atoms with E-state index in [1.54, 1.807) is 14.2 Å². The van der Waals surface area contributed by atoms with Crippen LogP contribution >= 0.6 is 11.3 Å². The topological polar surface area (TPSA) is 96.5 Å². The van der Waals surface area contributed by atoms with Crippen molar-refractivity contribution in [3.8, 4) is 0 Å². The van der Waals surface area contributed by atoms with Crippen LogP contribution in [0.5, 0.6) is 0 Å². The van der Waals surface area contributed by atoms with Gasteiger partial charge in [0.2, 0.25) is 5.96 Å². The summed E-state index contributed by atoms with van der Waals surface area (Å²) >= 11 is 1.45. The number of carbonyl (C=O) groups is 1. The minimum absolute atomic E-state index is 0.0661. The molecule has 45 heavy (non-hydrogen) atoms. The largest absolute Gasteiger partial charge is 0.383 e. The van der Waals surface area contributed by atoms with Crippen LogP contribution in [0.3, 0.4) is 0 Å². The van der Waals surface area contributed by atoms with Crippen LogP contribution in [0.25, 0.3) is 0 Å². The van der Waals surface area contributed by atoms with Gasteiger partial charge in [-0.15, -0.1) is 11.3 Å². The zero-order valence-electron chi connectivity index (χ0n) is 27.5. The summed E-state index contributed by atoms with van der Waals surface area (Å²) in [7, 11) is 3.43. The lowest BCUT2D eigenvalue weighted by Gasteiger charge is -2.20. The third-order valence-electron chi connectivity index (χ3n) is 7.06. The quantitative estimate of drug-likeness (QED) is 0.214. The fourth-order valence-corrected chi connectivity index (χ4v) is 5.58. The number of guanidine groups is 1. The van der Waals surface area contributed by atoms with Crippen molar-refractivity contribution in [3.05, 3.63) is 94.0 Å². The predicted octanol–water partition coefficient (Wildman–Crippen LogP) is 5.65. The Labute approximate surface area is 273 Å². The molecule has 0 spiro atoms. The van der Waals surface area contributed by atoms with Gasteiger partial charge in [0.25, 0.3) is 5.91 Å². The smallest absolute Gasteiger partial charge is 0.261 e. The first-order valence-electron chi connectivity index (χ1n) is 15.9. The van der Waals surface area contributed by atoms with Crippen LogP contribution in [0.2, 0.25) is 0 Å². The third kappa shape index (κ3) is 12.9. The average molecular weight is 638 g/mol. The zero-order chi connectivity index (χ0) is 32.3. The summed E-state index contributed by atoms with van der Waals surface area (Å²) in [5, 5.41) is 9.56. The Morgan fingerprint density at radius 1 is 1.11 bits per heavy atom. The van der Waals surface area contributed by atoms with Crippen LogP contribution in [-0.4, -0.2) is 82.6 Å². The van der Waals surface area contributed by atoms with Crippen molar-refractivity contribution in [1.82, 2.24) is 20.9 Å². The molecule has 3 unspecified atom stereocenters. The van der Waals surface area contributed by atoms with Crippen LogP contribution in [0.1, 0.15) is 60.6 Å². The van der Waals surface area contributed by atoms with Crippen LogP contribution in [0.15, 0.2) is 89.3 Å². The highest BCUT2D eigenvalue weighted by molar-refractivity contribution is 7.14. The minimum atomic E-state index is -0.180. The number of amides is 1. The molecule has 0 bridgehead atoms. The molecule has 1 aliphatic heterocycles. The Morgan fingerprint density at radius 2 is 1.96 bits per heavy atom. The van der Waals surface area contributed by atoms with Gasteiger partial charge in [-0.1, -0.05) is 57.6 Å². The maximum absolute atomic E-state index is 12.8. The molecule has 1 amide bonds. The number of carbonyl (C=O) groups excluding carboxylic acids is 1. The highest BCUT2D eigenvalue weighted by Crippen LogP contribution is 2.28. The number of rotatable bonds is 15. The van der Waals surface area contributed by atoms with Gasteiger partial charge in [0.1, 0.15) is 6.04 Å². The van der Waals surface area contributed by atoms with Gasteiger partial charge in [-0.3, -0.25) is 4.79 Å². The summed E-state index contributed by atoms with van der Waals surface area (Å²) in [5.74, 6) is 0.552. The van der Waals surface area contributed by atoms with Gasteiger partial charge in [0, 0.05) is 57.2 Å². The molecule has 2 aliphatic carbocycles. The van der Waals surface area contributed by atoms with Gasteiger partial charge >= 0.3 is 0 Å². The first kappa shape index (κ1) is 36.2. The summed E-state index contributed by atoms with van der Waals surface area (Å²) in [6.45, 7) is 11.3. The second kappa shape index (κ2) is 20.7. The van der Waals surface area contributed by atoms with Crippen molar-refractivity contribution in [3.63, 3.8) is 0 Å². The lowest BCUT2D eigenvalue weighted by Crippen LogP contribution is -2.35. The van der Waals surface area contributed by atoms with Crippen molar-refractivity contribution < 1.29 is 19.0 Å². The van der Waals surface area contributed by atoms with E-state index >= 15 is 0 Å². The molecule has 3 N–H and O–H groups in total. The van der Waals surface area contributed by atoms with Gasteiger partial charge in [0.15, 0.2) is 0 Å². The Bertz CT molecular complexity index is 1260. The van der Waals surface area contributed by atoms with E-state index in [-0.39, 0.29) is 24.2 Å². The lowest BCUT2D eigenvalue weighted by molar-refractivity contribution is 0.0960. The first-order valence-corrected chi connectivity index (χ1v) is 16.8. The molecular weight excluding hydrogens is 586 g/mol. The van der Waals surface area contributed by atoms with Crippen LogP contribution in [0.4, 0.5) is 0 Å². The molecule has 3 atom stereocenters. The van der Waals surface area contributed by atoms with Gasteiger partial charge in [-0.05, 0) is 61.4 Å². The van der Waals surface area contributed by atoms with Crippen molar-refractivity contribution in [2.75, 3.05) is 53.6 Å². The number of thiophene rings is 1. The van der Waals surface area contributed by atoms with Crippen molar-refractivity contribution >= 4 is 23.2 Å². The minimum Gasteiger partial charge on any atom is -0.383 e. The maximum atomic E-state index is 12.8. The Morgan fingerprint density at radius 3 is 2.73 bits per heavy atom. The fraction of sp³-hybridized carbons (Fsp3) is 0.486. The molecule has 0 saturated carbocycles. The molecule has 9 nitrogen and oxygen atoms in total. The molecular formula is C35H51N5O4S. The monoisotopic (exact) mass is 637 g/mol. The molecule has 0 saturated heterocycles. The average Bonchev–Trinajstić information content (AvgIpc) is 3.46. The first-order chi connectivity index (χ1) is 22.0. The molecule has 1 aromatic rings. The number of methoxy groups -OCH3 is 2. The summed E-state index contributed by atoms with van der Waals surface area (Å²) in [4.78, 5) is 21.6. The van der Waals surface area contributed by atoms with Gasteiger partial charge in [0.05, 0.1) is 23.7 Å². The van der Waals surface area contributed by atoms with Crippen LogP contribution in [-0.2, 0) is 14.2 Å². The molecule has 0 fully saturated rings. The Hall–Kier alpha value is -3.28. The SMILES string of the molecule is CCC.CCN(CCCOC1C=CC=C(NC2=NC(c3ccc(C(=O)NCC4=CC(OC)CC=C4)s3)C=CN2)C=C1)CCOC. The number of allylic oxidation sites excluding steroid dienone is 3. The summed E-state index contributed by atoms with van der Waals surface area (Å²) < 4.78 is 16.6. The molecule has 4 rings (SSSR count). The summed E-state index contributed by atoms with van der Waals surface area (Å²) in [5.41, 5.74) is 1.95. The Balaban J connectivity index is 0.00000177. The third-order valence-corrected chi connectivity index (χ3v) is 8.21. The van der Waals surface area contributed by atoms with Gasteiger partial charge < -0.3 is 35.1 Å². The van der Waals surface area contributed by atoms with E-state index in [1.807, 2.05) is 60.9 Å². The number of ether oxygens (including phenoxy) is 3. The summed E-state index contributed by atoms with van der Waals surface area (Å²) in [6.07, 6.45) is 23.2. The zero-order valence-corrected chi connectivity index (χ0v) is 28.3. The van der Waals surface area contributed by atoms with E-state index < -0.39 is 0 Å². The number of nitrogens with zero attached hydrogens (tertiary/aromatic N) is 2.